The van der Waals surface area contributed by atoms with Crippen LogP contribution in [-0.4, -0.2) is 81.9 Å². The molecule has 0 unspecified atom stereocenters. The smallest absolute Gasteiger partial charge is 0.226 e. The molecule has 0 bridgehead atoms. The molecule has 4 heterocycles. The second-order valence-electron chi connectivity index (χ2n) is 8.30. The average Bonchev–Trinajstić information content (AvgIpc) is 3.18. The summed E-state index contributed by atoms with van der Waals surface area (Å²) in [5, 5.41) is 7.80. The van der Waals surface area contributed by atoms with E-state index in [1.54, 1.807) is 12.7 Å². The molecule has 8 nitrogen and oxygen atoms in total. The van der Waals surface area contributed by atoms with E-state index in [0.29, 0.717) is 18.0 Å². The lowest BCUT2D eigenvalue weighted by atomic mass is 9.97. The molecule has 3 aliphatic rings. The lowest BCUT2D eigenvalue weighted by Gasteiger charge is -2.37. The van der Waals surface area contributed by atoms with Crippen molar-refractivity contribution in [3.05, 3.63) is 12.7 Å². The Bertz CT molecular complexity index is 606. The maximum atomic E-state index is 13.2. The van der Waals surface area contributed by atoms with Gasteiger partial charge >= 0.3 is 0 Å². The summed E-state index contributed by atoms with van der Waals surface area (Å²) in [4.78, 5) is 17.8. The topological polar surface area (TPSA) is 89.5 Å². The highest BCUT2D eigenvalue weighted by Crippen LogP contribution is 2.27. The van der Waals surface area contributed by atoms with Crippen LogP contribution in [0.5, 0.6) is 0 Å². The molecule has 10 heteroatoms. The SMILES string of the molecule is Cl.Cl.N[C@H]1CC[C@@H](C(=O)N2CCC(n3cnnc3)CC2)CN(C2CCOCC2)C1. The zero-order valence-corrected chi connectivity index (χ0v) is 18.5. The van der Waals surface area contributed by atoms with Crippen LogP contribution >= 0.6 is 24.8 Å². The van der Waals surface area contributed by atoms with Crippen molar-refractivity contribution in [1.82, 2.24) is 24.6 Å². The van der Waals surface area contributed by atoms with Gasteiger partial charge in [-0.2, -0.15) is 0 Å². The van der Waals surface area contributed by atoms with Crippen LogP contribution in [0.3, 0.4) is 0 Å². The van der Waals surface area contributed by atoms with Gasteiger partial charge < -0.3 is 19.9 Å². The van der Waals surface area contributed by atoms with Crippen LogP contribution in [0.1, 0.15) is 44.6 Å². The van der Waals surface area contributed by atoms with Crippen molar-refractivity contribution in [3.63, 3.8) is 0 Å². The zero-order valence-electron chi connectivity index (χ0n) is 16.9. The van der Waals surface area contributed by atoms with Gasteiger partial charge in [-0.05, 0) is 38.5 Å². The highest BCUT2D eigenvalue weighted by Gasteiger charge is 2.34. The van der Waals surface area contributed by atoms with E-state index in [0.717, 1.165) is 77.9 Å². The normalized spacial score (nSPS) is 27.6. The van der Waals surface area contributed by atoms with E-state index in [1.807, 2.05) is 0 Å². The van der Waals surface area contributed by atoms with Crippen molar-refractivity contribution in [2.45, 2.75) is 56.7 Å². The van der Waals surface area contributed by atoms with Crippen LogP contribution in [0.15, 0.2) is 12.7 Å². The molecular formula is C19H34Cl2N6O2. The minimum atomic E-state index is 0. The Labute approximate surface area is 185 Å². The van der Waals surface area contributed by atoms with Crippen LogP contribution in [0.25, 0.3) is 0 Å². The molecule has 3 saturated heterocycles. The molecule has 166 valence electrons. The fourth-order valence-electron chi connectivity index (χ4n) is 4.85. The number of ether oxygens (including phenoxy) is 1. The van der Waals surface area contributed by atoms with Gasteiger partial charge in [0.15, 0.2) is 0 Å². The number of likely N-dealkylation sites (tertiary alicyclic amines) is 2. The Hall–Kier alpha value is -0.930. The van der Waals surface area contributed by atoms with Crippen LogP contribution in [0.4, 0.5) is 0 Å². The molecule has 0 radical (unpaired) electrons. The number of rotatable bonds is 3. The van der Waals surface area contributed by atoms with Gasteiger partial charge in [-0.25, -0.2) is 0 Å². The zero-order chi connectivity index (χ0) is 18.6. The molecule has 1 amide bonds. The lowest BCUT2D eigenvalue weighted by Crippen LogP contribution is -2.48. The van der Waals surface area contributed by atoms with Gasteiger partial charge in [0.1, 0.15) is 12.7 Å². The minimum absolute atomic E-state index is 0. The number of nitrogens with zero attached hydrogens (tertiary/aromatic N) is 5. The van der Waals surface area contributed by atoms with E-state index < -0.39 is 0 Å². The first kappa shape index (κ1) is 24.3. The summed E-state index contributed by atoms with van der Waals surface area (Å²) in [6, 6.07) is 1.09. The molecular weight excluding hydrogens is 415 g/mol. The Balaban J connectivity index is 0.00000150. The fraction of sp³-hybridized carbons (Fsp3) is 0.842. The second-order valence-corrected chi connectivity index (χ2v) is 8.30. The summed E-state index contributed by atoms with van der Waals surface area (Å²) >= 11 is 0. The summed E-state index contributed by atoms with van der Waals surface area (Å²) in [5.41, 5.74) is 6.33. The number of piperidine rings is 1. The summed E-state index contributed by atoms with van der Waals surface area (Å²) in [6.45, 7) is 5.05. The van der Waals surface area contributed by atoms with Crippen molar-refractivity contribution < 1.29 is 9.53 Å². The number of hydrogen-bond donors (Lipinski definition) is 1. The Morgan fingerprint density at radius 1 is 0.897 bits per heavy atom. The van der Waals surface area contributed by atoms with Crippen molar-refractivity contribution >= 4 is 30.7 Å². The molecule has 3 fully saturated rings. The number of nitrogens with two attached hydrogens (primary N) is 1. The first-order valence-corrected chi connectivity index (χ1v) is 10.4. The first-order valence-electron chi connectivity index (χ1n) is 10.4. The fourth-order valence-corrected chi connectivity index (χ4v) is 4.85. The number of halogens is 2. The third-order valence-corrected chi connectivity index (χ3v) is 6.50. The van der Waals surface area contributed by atoms with E-state index in [2.05, 4.69) is 24.6 Å². The summed E-state index contributed by atoms with van der Waals surface area (Å²) in [7, 11) is 0. The van der Waals surface area contributed by atoms with Crippen molar-refractivity contribution in [1.29, 1.82) is 0 Å². The van der Waals surface area contributed by atoms with Crippen LogP contribution < -0.4 is 5.73 Å². The van der Waals surface area contributed by atoms with Crippen LogP contribution in [-0.2, 0) is 9.53 Å². The third kappa shape index (κ3) is 6.04. The highest BCUT2D eigenvalue weighted by atomic mass is 35.5. The van der Waals surface area contributed by atoms with E-state index in [4.69, 9.17) is 10.5 Å². The second kappa shape index (κ2) is 11.5. The predicted molar refractivity (Wildman–Crippen MR) is 115 cm³/mol. The number of hydrogen-bond acceptors (Lipinski definition) is 6. The number of aromatic nitrogens is 3. The van der Waals surface area contributed by atoms with E-state index in [1.165, 1.54) is 0 Å². The van der Waals surface area contributed by atoms with Crippen LogP contribution in [0, 0.1) is 5.92 Å². The highest BCUT2D eigenvalue weighted by molar-refractivity contribution is 5.85. The molecule has 0 spiro atoms. The standard InChI is InChI=1S/C19H32N6O2.2ClH/c20-16-2-1-15(11-24(12-16)18-5-9-27-10-6-18)19(26)23-7-3-17(4-8-23)25-13-21-22-14-25;;/h13-18H,1-12,20H2;2*1H/t15-,16+;;/m1../s1. The number of carbonyl (C=O) groups excluding carboxylic acids is 1. The maximum Gasteiger partial charge on any atom is 0.226 e. The maximum absolute atomic E-state index is 13.2. The third-order valence-electron chi connectivity index (χ3n) is 6.50. The van der Waals surface area contributed by atoms with E-state index >= 15 is 0 Å². The van der Waals surface area contributed by atoms with Crippen molar-refractivity contribution in [2.75, 3.05) is 39.4 Å². The van der Waals surface area contributed by atoms with Gasteiger partial charge in [-0.3, -0.25) is 9.69 Å². The molecule has 0 aromatic carbocycles. The van der Waals surface area contributed by atoms with Gasteiger partial charge in [0.2, 0.25) is 5.91 Å². The monoisotopic (exact) mass is 448 g/mol. The summed E-state index contributed by atoms with van der Waals surface area (Å²) in [6.07, 6.45) is 9.45. The Kier molecular flexibility index (Phi) is 9.62. The van der Waals surface area contributed by atoms with Gasteiger partial charge in [0, 0.05) is 57.5 Å². The van der Waals surface area contributed by atoms with Gasteiger partial charge in [0.05, 0.1) is 5.92 Å². The molecule has 1 aromatic heterocycles. The molecule has 4 rings (SSSR count). The van der Waals surface area contributed by atoms with Gasteiger partial charge in [-0.1, -0.05) is 0 Å². The van der Waals surface area contributed by atoms with Gasteiger partial charge in [0.25, 0.3) is 0 Å². The van der Waals surface area contributed by atoms with E-state index in [9.17, 15) is 4.79 Å². The quantitative estimate of drug-likeness (QED) is 0.753. The number of amides is 1. The van der Waals surface area contributed by atoms with E-state index in [-0.39, 0.29) is 36.8 Å². The predicted octanol–water partition coefficient (Wildman–Crippen LogP) is 1.50. The Morgan fingerprint density at radius 2 is 1.55 bits per heavy atom. The first-order chi connectivity index (χ1) is 13.2. The molecule has 0 aliphatic carbocycles. The largest absolute Gasteiger partial charge is 0.381 e. The molecule has 1 aromatic rings. The molecule has 29 heavy (non-hydrogen) atoms. The molecule has 2 N–H and O–H groups in total. The lowest BCUT2D eigenvalue weighted by molar-refractivity contribution is -0.137. The minimum Gasteiger partial charge on any atom is -0.381 e. The molecule has 0 saturated carbocycles. The molecule has 3 aliphatic heterocycles. The van der Waals surface area contributed by atoms with Crippen LogP contribution in [0.2, 0.25) is 0 Å². The summed E-state index contributed by atoms with van der Waals surface area (Å²) in [5.74, 6) is 0.399. The number of carbonyl (C=O) groups is 1. The Morgan fingerprint density at radius 3 is 2.21 bits per heavy atom. The molecule has 2 atom stereocenters. The summed E-state index contributed by atoms with van der Waals surface area (Å²) < 4.78 is 7.58. The van der Waals surface area contributed by atoms with Crippen molar-refractivity contribution in [2.24, 2.45) is 11.7 Å². The average molecular weight is 449 g/mol. The van der Waals surface area contributed by atoms with Crippen molar-refractivity contribution in [3.8, 4) is 0 Å². The van der Waals surface area contributed by atoms with Gasteiger partial charge in [-0.15, -0.1) is 35.0 Å².